The van der Waals surface area contributed by atoms with Gasteiger partial charge < -0.3 is 19.5 Å². The summed E-state index contributed by atoms with van der Waals surface area (Å²) >= 11 is 5.26. The van der Waals surface area contributed by atoms with Gasteiger partial charge in [-0.25, -0.2) is 0 Å². The van der Waals surface area contributed by atoms with Gasteiger partial charge in [0.25, 0.3) is 0 Å². The number of nitrogens with zero attached hydrogens (tertiary/aromatic N) is 1. The molecule has 0 spiro atoms. The maximum atomic E-state index is 5.39. The van der Waals surface area contributed by atoms with E-state index in [1.54, 1.807) is 27.4 Å². The van der Waals surface area contributed by atoms with Crippen molar-refractivity contribution in [1.82, 2.24) is 5.43 Å². The summed E-state index contributed by atoms with van der Waals surface area (Å²) in [5.74, 6) is 2.14. The number of methoxy groups -OCH3 is 3. The van der Waals surface area contributed by atoms with Gasteiger partial charge in [-0.2, -0.15) is 5.10 Å². The zero-order chi connectivity index (χ0) is 18.2. The molecule has 0 saturated carbocycles. The summed E-state index contributed by atoms with van der Waals surface area (Å²) in [6.07, 6.45) is 0. The Bertz CT molecular complexity index is 778. The molecular weight excluding hydrogens is 338 g/mol. The summed E-state index contributed by atoms with van der Waals surface area (Å²) in [7, 11) is 4.83. The van der Waals surface area contributed by atoms with Gasteiger partial charge >= 0.3 is 0 Å². The third-order valence-corrected chi connectivity index (χ3v) is 3.64. The van der Waals surface area contributed by atoms with Crippen LogP contribution in [0.2, 0.25) is 0 Å². The van der Waals surface area contributed by atoms with E-state index in [1.165, 1.54) is 0 Å². The molecule has 0 aromatic heterocycles. The third-order valence-electron chi connectivity index (χ3n) is 3.45. The fourth-order valence-corrected chi connectivity index (χ4v) is 2.32. The maximum Gasteiger partial charge on any atom is 0.191 e. The number of hydrazone groups is 1. The van der Waals surface area contributed by atoms with E-state index >= 15 is 0 Å². The molecule has 0 heterocycles. The van der Waals surface area contributed by atoms with Gasteiger partial charge in [0.1, 0.15) is 17.2 Å². The summed E-state index contributed by atoms with van der Waals surface area (Å²) in [6, 6.07) is 13.0. The Morgan fingerprint density at radius 2 is 1.68 bits per heavy atom. The van der Waals surface area contributed by atoms with Gasteiger partial charge in [-0.05, 0) is 43.4 Å². The summed E-state index contributed by atoms with van der Waals surface area (Å²) in [6.45, 7) is 1.87. The van der Waals surface area contributed by atoms with E-state index < -0.39 is 0 Å². The Labute approximate surface area is 152 Å². The second-order valence-corrected chi connectivity index (χ2v) is 5.47. The highest BCUT2D eigenvalue weighted by Crippen LogP contribution is 2.25. The Balaban J connectivity index is 2.06. The van der Waals surface area contributed by atoms with Crippen LogP contribution < -0.4 is 25.0 Å². The zero-order valence-electron chi connectivity index (χ0n) is 14.6. The highest BCUT2D eigenvalue weighted by molar-refractivity contribution is 7.80. The number of benzene rings is 2. The summed E-state index contributed by atoms with van der Waals surface area (Å²) in [4.78, 5) is 0. The SMILES string of the molecule is COc1cccc(NC(=S)N/N=C(\C)c2ccc(OC)cc2OC)c1. The van der Waals surface area contributed by atoms with Crippen molar-refractivity contribution < 1.29 is 14.2 Å². The first-order valence-electron chi connectivity index (χ1n) is 7.55. The number of anilines is 1. The van der Waals surface area contributed by atoms with Gasteiger partial charge in [0, 0.05) is 23.4 Å². The van der Waals surface area contributed by atoms with Crippen LogP contribution in [0.25, 0.3) is 0 Å². The predicted molar refractivity (Wildman–Crippen MR) is 104 cm³/mol. The molecule has 25 heavy (non-hydrogen) atoms. The molecule has 0 bridgehead atoms. The molecule has 0 aliphatic heterocycles. The number of ether oxygens (including phenoxy) is 3. The minimum absolute atomic E-state index is 0.375. The monoisotopic (exact) mass is 359 g/mol. The quantitative estimate of drug-likeness (QED) is 0.468. The van der Waals surface area contributed by atoms with Crippen LogP contribution in [0, 0.1) is 0 Å². The van der Waals surface area contributed by atoms with E-state index in [9.17, 15) is 0 Å². The van der Waals surface area contributed by atoms with Crippen molar-refractivity contribution in [2.75, 3.05) is 26.6 Å². The van der Waals surface area contributed by atoms with Crippen molar-refractivity contribution in [3.63, 3.8) is 0 Å². The highest BCUT2D eigenvalue weighted by Gasteiger charge is 2.08. The van der Waals surface area contributed by atoms with Crippen LogP contribution in [0.5, 0.6) is 17.2 Å². The standard InChI is InChI=1S/C18H21N3O3S/c1-12(16-9-8-15(23-3)11-17(16)24-4)20-21-18(25)19-13-6-5-7-14(10-13)22-2/h5-11H,1-4H3,(H2,19,21,25)/b20-12+. The highest BCUT2D eigenvalue weighted by atomic mass is 32.1. The Morgan fingerprint density at radius 3 is 2.36 bits per heavy atom. The Kier molecular flexibility index (Phi) is 6.59. The van der Waals surface area contributed by atoms with Gasteiger partial charge in [-0.15, -0.1) is 0 Å². The number of hydrogen-bond acceptors (Lipinski definition) is 5. The van der Waals surface area contributed by atoms with Crippen LogP contribution in [0.4, 0.5) is 5.69 Å². The molecule has 0 aliphatic carbocycles. The van der Waals surface area contributed by atoms with Crippen molar-refractivity contribution in [3.05, 3.63) is 48.0 Å². The normalized spacial score (nSPS) is 10.8. The minimum Gasteiger partial charge on any atom is -0.497 e. The van der Waals surface area contributed by atoms with Gasteiger partial charge in [-0.3, -0.25) is 5.43 Å². The third kappa shape index (κ3) is 5.09. The molecule has 2 rings (SSSR count). The molecule has 6 nitrogen and oxygen atoms in total. The molecule has 2 aromatic carbocycles. The van der Waals surface area contributed by atoms with Crippen molar-refractivity contribution in [2.24, 2.45) is 5.10 Å². The first-order chi connectivity index (χ1) is 12.1. The number of rotatable bonds is 6. The topological polar surface area (TPSA) is 64.1 Å². The molecule has 0 fully saturated rings. The summed E-state index contributed by atoms with van der Waals surface area (Å²) in [5, 5.41) is 7.74. The molecule has 0 amide bonds. The first-order valence-corrected chi connectivity index (χ1v) is 7.96. The fourth-order valence-electron chi connectivity index (χ4n) is 2.15. The molecular formula is C18H21N3O3S. The minimum atomic E-state index is 0.375. The lowest BCUT2D eigenvalue weighted by molar-refractivity contribution is 0.394. The van der Waals surface area contributed by atoms with E-state index in [0.29, 0.717) is 10.9 Å². The number of hydrogen-bond donors (Lipinski definition) is 2. The van der Waals surface area contributed by atoms with Crippen molar-refractivity contribution >= 4 is 28.7 Å². The van der Waals surface area contributed by atoms with Gasteiger partial charge in [0.2, 0.25) is 0 Å². The van der Waals surface area contributed by atoms with Gasteiger partial charge in [0.15, 0.2) is 5.11 Å². The lowest BCUT2D eigenvalue weighted by atomic mass is 10.1. The van der Waals surface area contributed by atoms with Crippen LogP contribution in [-0.2, 0) is 0 Å². The van der Waals surface area contributed by atoms with Gasteiger partial charge in [-0.1, -0.05) is 6.07 Å². The number of thiocarbonyl (C=S) groups is 1. The van der Waals surface area contributed by atoms with Crippen LogP contribution in [0.15, 0.2) is 47.6 Å². The second kappa shape index (κ2) is 8.89. The second-order valence-electron chi connectivity index (χ2n) is 5.06. The Hall–Kier alpha value is -2.80. The Morgan fingerprint density at radius 1 is 0.960 bits per heavy atom. The lowest BCUT2D eigenvalue weighted by Gasteiger charge is -2.11. The molecule has 0 atom stereocenters. The fraction of sp³-hybridized carbons (Fsp3) is 0.222. The zero-order valence-corrected chi connectivity index (χ0v) is 15.4. The van der Waals surface area contributed by atoms with E-state index in [-0.39, 0.29) is 0 Å². The maximum absolute atomic E-state index is 5.39. The van der Waals surface area contributed by atoms with Gasteiger partial charge in [0.05, 0.1) is 27.0 Å². The average molecular weight is 359 g/mol. The van der Waals surface area contributed by atoms with Crippen LogP contribution >= 0.6 is 12.2 Å². The van der Waals surface area contributed by atoms with Crippen molar-refractivity contribution in [1.29, 1.82) is 0 Å². The van der Waals surface area contributed by atoms with E-state index in [1.807, 2.05) is 43.3 Å². The molecule has 0 saturated heterocycles. The lowest BCUT2D eigenvalue weighted by Crippen LogP contribution is -2.25. The van der Waals surface area contributed by atoms with Crippen LogP contribution in [0.1, 0.15) is 12.5 Å². The van der Waals surface area contributed by atoms with E-state index in [4.69, 9.17) is 26.4 Å². The summed E-state index contributed by atoms with van der Waals surface area (Å²) < 4.78 is 15.8. The predicted octanol–water partition coefficient (Wildman–Crippen LogP) is 3.42. The largest absolute Gasteiger partial charge is 0.497 e. The van der Waals surface area contributed by atoms with Crippen LogP contribution in [0.3, 0.4) is 0 Å². The van der Waals surface area contributed by atoms with Crippen molar-refractivity contribution in [2.45, 2.75) is 6.92 Å². The van der Waals surface area contributed by atoms with Crippen LogP contribution in [-0.4, -0.2) is 32.2 Å². The smallest absolute Gasteiger partial charge is 0.191 e. The molecule has 0 aliphatic rings. The molecule has 0 radical (unpaired) electrons. The molecule has 132 valence electrons. The number of nitrogens with one attached hydrogen (secondary N) is 2. The summed E-state index contributed by atoms with van der Waals surface area (Å²) in [5.41, 5.74) is 5.22. The molecule has 2 aromatic rings. The molecule has 7 heteroatoms. The van der Waals surface area contributed by atoms with E-state index in [0.717, 1.165) is 28.5 Å². The molecule has 0 unspecified atom stereocenters. The average Bonchev–Trinajstić information content (AvgIpc) is 2.65. The molecule has 2 N–H and O–H groups in total. The first kappa shape index (κ1) is 18.5. The van der Waals surface area contributed by atoms with E-state index in [2.05, 4.69) is 15.8 Å². The van der Waals surface area contributed by atoms with Crippen molar-refractivity contribution in [3.8, 4) is 17.2 Å².